The van der Waals surface area contributed by atoms with Gasteiger partial charge in [-0.15, -0.1) is 0 Å². The highest BCUT2D eigenvalue weighted by Crippen LogP contribution is 1.98. The first-order valence-electron chi connectivity index (χ1n) is 2.71. The number of nitrogen functional groups attached to an aromatic ring is 1. The molecule has 2 aromatic rings. The highest BCUT2D eigenvalue weighted by atomic mass is 15.3. The molecule has 2 N–H and O–H groups in total. The summed E-state index contributed by atoms with van der Waals surface area (Å²) in [5.41, 5.74) is 6.08. The number of hydrogen-bond acceptors (Lipinski definition) is 4. The van der Waals surface area contributed by atoms with Crippen molar-refractivity contribution in [2.75, 3.05) is 5.73 Å². The molecular formula is C5H4N5. The first-order chi connectivity index (χ1) is 4.88. The summed E-state index contributed by atoms with van der Waals surface area (Å²) in [5, 5.41) is 3.86. The van der Waals surface area contributed by atoms with Crippen molar-refractivity contribution in [3.05, 3.63) is 18.6 Å². The maximum Gasteiger partial charge on any atom is 0.225 e. The lowest BCUT2D eigenvalue weighted by molar-refractivity contribution is 0.905. The monoisotopic (exact) mass is 134 g/mol. The van der Waals surface area contributed by atoms with Crippen molar-refractivity contribution in [1.29, 1.82) is 0 Å². The number of hydrogen-bond donors (Lipinski definition) is 1. The van der Waals surface area contributed by atoms with Gasteiger partial charge in [0.05, 0.1) is 6.20 Å². The molecule has 2 heterocycles. The normalized spacial score (nSPS) is 10.4. The van der Waals surface area contributed by atoms with Crippen molar-refractivity contribution < 1.29 is 0 Å². The maximum atomic E-state index is 5.42. The van der Waals surface area contributed by atoms with E-state index in [2.05, 4.69) is 21.4 Å². The Morgan fingerprint density at radius 2 is 2.40 bits per heavy atom. The summed E-state index contributed by atoms with van der Waals surface area (Å²) in [7, 11) is 0. The molecule has 2 aromatic heterocycles. The Morgan fingerprint density at radius 1 is 1.50 bits per heavy atom. The predicted molar refractivity (Wildman–Crippen MR) is 34.0 cm³/mol. The standard InChI is InChI=1S/C5H4N5/c6-5-8-3-7-4-1-2-9-10(4)5/h1-2H,(H2,6,7,8). The average Bonchev–Trinajstić information content (AvgIpc) is 2.36. The van der Waals surface area contributed by atoms with Crippen LogP contribution in [0.2, 0.25) is 0 Å². The molecule has 5 nitrogen and oxygen atoms in total. The van der Waals surface area contributed by atoms with Crippen molar-refractivity contribution >= 4 is 11.6 Å². The van der Waals surface area contributed by atoms with Gasteiger partial charge in [0.25, 0.3) is 0 Å². The lowest BCUT2D eigenvalue weighted by atomic mass is 10.7. The third-order valence-corrected chi connectivity index (χ3v) is 1.17. The van der Waals surface area contributed by atoms with Gasteiger partial charge >= 0.3 is 0 Å². The van der Waals surface area contributed by atoms with Crippen LogP contribution in [0.5, 0.6) is 0 Å². The third kappa shape index (κ3) is 0.540. The summed E-state index contributed by atoms with van der Waals surface area (Å²) in [6, 6.07) is 1.73. The van der Waals surface area contributed by atoms with Crippen LogP contribution < -0.4 is 5.73 Å². The number of fused-ring (bicyclic) bond motifs is 1. The summed E-state index contributed by atoms with van der Waals surface area (Å²) >= 11 is 0. The van der Waals surface area contributed by atoms with Gasteiger partial charge in [0.2, 0.25) is 12.3 Å². The van der Waals surface area contributed by atoms with Crippen LogP contribution in [0.3, 0.4) is 0 Å². The zero-order chi connectivity index (χ0) is 6.97. The fourth-order valence-corrected chi connectivity index (χ4v) is 0.732. The zero-order valence-corrected chi connectivity index (χ0v) is 5.02. The van der Waals surface area contributed by atoms with Crippen molar-refractivity contribution in [2.24, 2.45) is 0 Å². The molecule has 0 saturated heterocycles. The van der Waals surface area contributed by atoms with E-state index in [0.717, 1.165) is 0 Å². The molecule has 0 atom stereocenters. The Balaban J connectivity index is 2.95. The zero-order valence-electron chi connectivity index (χ0n) is 5.02. The Kier molecular flexibility index (Phi) is 0.858. The molecule has 2 rings (SSSR count). The second-order valence-corrected chi connectivity index (χ2v) is 1.78. The van der Waals surface area contributed by atoms with E-state index < -0.39 is 0 Å². The van der Waals surface area contributed by atoms with Gasteiger partial charge in [-0.2, -0.15) is 14.6 Å². The van der Waals surface area contributed by atoms with Crippen molar-refractivity contribution in [3.8, 4) is 0 Å². The van der Waals surface area contributed by atoms with E-state index >= 15 is 0 Å². The minimum atomic E-state index is 0.301. The van der Waals surface area contributed by atoms with Crippen LogP contribution in [0.25, 0.3) is 5.65 Å². The van der Waals surface area contributed by atoms with Crippen molar-refractivity contribution in [2.45, 2.75) is 0 Å². The molecule has 1 radical (unpaired) electrons. The Morgan fingerprint density at radius 3 is 3.20 bits per heavy atom. The molecular weight excluding hydrogens is 130 g/mol. The number of nitrogens with zero attached hydrogens (tertiary/aromatic N) is 4. The highest BCUT2D eigenvalue weighted by Gasteiger charge is 1.96. The second-order valence-electron chi connectivity index (χ2n) is 1.78. The molecule has 0 aliphatic carbocycles. The first-order valence-corrected chi connectivity index (χ1v) is 2.71. The number of anilines is 1. The van der Waals surface area contributed by atoms with Gasteiger partial charge in [-0.05, 0) is 0 Å². The second kappa shape index (κ2) is 1.66. The Labute approximate surface area is 56.5 Å². The lowest BCUT2D eigenvalue weighted by Crippen LogP contribution is -2.01. The van der Waals surface area contributed by atoms with E-state index in [1.165, 1.54) is 4.52 Å². The molecule has 0 aromatic carbocycles. The number of rotatable bonds is 0. The minimum Gasteiger partial charge on any atom is -0.368 e. The lowest BCUT2D eigenvalue weighted by Gasteiger charge is -1.92. The van der Waals surface area contributed by atoms with Crippen LogP contribution in [0.1, 0.15) is 0 Å². The van der Waals surface area contributed by atoms with Gasteiger partial charge in [0.15, 0.2) is 5.65 Å². The van der Waals surface area contributed by atoms with E-state index in [1.54, 1.807) is 12.3 Å². The Hall–Kier alpha value is -1.65. The predicted octanol–water partition coefficient (Wildman–Crippen LogP) is -0.493. The number of nitrogens with two attached hydrogens (primary N) is 1. The molecule has 0 fully saturated rings. The van der Waals surface area contributed by atoms with E-state index in [-0.39, 0.29) is 0 Å². The molecule has 0 unspecified atom stereocenters. The van der Waals surface area contributed by atoms with E-state index in [4.69, 9.17) is 5.73 Å². The Bertz CT molecular complexity index is 352. The van der Waals surface area contributed by atoms with Gasteiger partial charge in [-0.3, -0.25) is 0 Å². The van der Waals surface area contributed by atoms with Crippen molar-refractivity contribution in [1.82, 2.24) is 19.6 Å². The molecule has 10 heavy (non-hydrogen) atoms. The number of aromatic nitrogens is 4. The molecule has 0 aliphatic rings. The molecule has 0 saturated carbocycles. The van der Waals surface area contributed by atoms with Crippen LogP contribution in [0.4, 0.5) is 5.95 Å². The van der Waals surface area contributed by atoms with Crippen LogP contribution in [0.15, 0.2) is 12.3 Å². The van der Waals surface area contributed by atoms with E-state index in [9.17, 15) is 0 Å². The summed E-state index contributed by atoms with van der Waals surface area (Å²) < 4.78 is 1.44. The SMILES string of the molecule is Nc1n[c]nc2ccnn12. The summed E-state index contributed by atoms with van der Waals surface area (Å²) in [6.07, 6.45) is 4.01. The van der Waals surface area contributed by atoms with Gasteiger partial charge < -0.3 is 5.73 Å². The molecule has 5 heteroatoms. The summed E-state index contributed by atoms with van der Waals surface area (Å²) in [5.74, 6) is 0.301. The molecule has 49 valence electrons. The summed E-state index contributed by atoms with van der Waals surface area (Å²) in [6.45, 7) is 0. The van der Waals surface area contributed by atoms with E-state index in [0.29, 0.717) is 11.6 Å². The molecule has 0 spiro atoms. The fraction of sp³-hybridized carbons (Fsp3) is 0. The quantitative estimate of drug-likeness (QED) is 0.527. The average molecular weight is 134 g/mol. The molecule has 0 bridgehead atoms. The smallest absolute Gasteiger partial charge is 0.225 e. The van der Waals surface area contributed by atoms with Crippen LogP contribution in [-0.4, -0.2) is 19.6 Å². The van der Waals surface area contributed by atoms with E-state index in [1.807, 2.05) is 0 Å². The van der Waals surface area contributed by atoms with Crippen molar-refractivity contribution in [3.63, 3.8) is 0 Å². The minimum absolute atomic E-state index is 0.301. The largest absolute Gasteiger partial charge is 0.368 e. The maximum absolute atomic E-state index is 5.42. The molecule has 0 amide bonds. The third-order valence-electron chi connectivity index (χ3n) is 1.17. The fourth-order valence-electron chi connectivity index (χ4n) is 0.732. The topological polar surface area (TPSA) is 69.1 Å². The first kappa shape index (κ1) is 5.16. The van der Waals surface area contributed by atoms with Gasteiger partial charge in [0.1, 0.15) is 0 Å². The summed E-state index contributed by atoms with van der Waals surface area (Å²) in [4.78, 5) is 7.41. The van der Waals surface area contributed by atoms with Crippen LogP contribution >= 0.6 is 0 Å². The molecule has 0 aliphatic heterocycles. The van der Waals surface area contributed by atoms with Gasteiger partial charge in [-0.1, -0.05) is 0 Å². The van der Waals surface area contributed by atoms with Gasteiger partial charge in [0, 0.05) is 6.07 Å². The van der Waals surface area contributed by atoms with Crippen LogP contribution in [0, 0.1) is 6.33 Å². The highest BCUT2D eigenvalue weighted by molar-refractivity contribution is 5.39. The van der Waals surface area contributed by atoms with Crippen LogP contribution in [-0.2, 0) is 0 Å². The van der Waals surface area contributed by atoms with Gasteiger partial charge in [-0.25, -0.2) is 4.98 Å².